The number of piperazine rings is 1. The van der Waals surface area contributed by atoms with Gasteiger partial charge in [0.15, 0.2) is 5.76 Å². The first-order chi connectivity index (χ1) is 13.7. The van der Waals surface area contributed by atoms with Crippen molar-refractivity contribution in [2.24, 2.45) is 0 Å². The number of methoxy groups -OCH3 is 1. The standard InChI is InChI=1S/C22H23N3O3/c1-24-10-12-25(13-11-24)22(26)19-9-4-3-8-18(19)21-23-15-20(28-21)16-6-5-7-17(14-16)27-2/h3-9,14-15H,10-13H2,1-2H3. The highest BCUT2D eigenvalue weighted by molar-refractivity contribution is 6.00. The molecule has 1 amide bonds. The second kappa shape index (κ2) is 7.86. The van der Waals surface area contributed by atoms with Gasteiger partial charge in [-0.2, -0.15) is 0 Å². The number of oxazole rings is 1. The minimum atomic E-state index is 0.0184. The molecule has 0 bridgehead atoms. The van der Waals surface area contributed by atoms with Gasteiger partial charge in [0.2, 0.25) is 5.89 Å². The highest BCUT2D eigenvalue weighted by Crippen LogP contribution is 2.30. The quantitative estimate of drug-likeness (QED) is 0.697. The lowest BCUT2D eigenvalue weighted by Gasteiger charge is -2.32. The molecule has 0 spiro atoms. The number of hydrogen-bond acceptors (Lipinski definition) is 5. The maximum Gasteiger partial charge on any atom is 0.254 e. The molecule has 1 aliphatic heterocycles. The number of benzene rings is 2. The van der Waals surface area contributed by atoms with Crippen molar-refractivity contribution < 1.29 is 13.9 Å². The van der Waals surface area contributed by atoms with Gasteiger partial charge in [0.25, 0.3) is 5.91 Å². The van der Waals surface area contributed by atoms with Crippen LogP contribution in [0.2, 0.25) is 0 Å². The Morgan fingerprint density at radius 2 is 1.86 bits per heavy atom. The Labute approximate surface area is 164 Å². The van der Waals surface area contributed by atoms with Crippen LogP contribution in [-0.2, 0) is 0 Å². The summed E-state index contributed by atoms with van der Waals surface area (Å²) >= 11 is 0. The summed E-state index contributed by atoms with van der Waals surface area (Å²) in [5.41, 5.74) is 2.20. The van der Waals surface area contributed by atoms with Crippen molar-refractivity contribution in [3.63, 3.8) is 0 Å². The number of rotatable bonds is 4. The van der Waals surface area contributed by atoms with Crippen LogP contribution in [0.5, 0.6) is 5.75 Å². The molecule has 3 aromatic rings. The summed E-state index contributed by atoms with van der Waals surface area (Å²) in [5.74, 6) is 1.84. The second-order valence-corrected chi connectivity index (χ2v) is 6.90. The van der Waals surface area contributed by atoms with Gasteiger partial charge >= 0.3 is 0 Å². The fraction of sp³-hybridized carbons (Fsp3) is 0.273. The van der Waals surface area contributed by atoms with Crippen LogP contribution in [0.3, 0.4) is 0 Å². The van der Waals surface area contributed by atoms with Gasteiger partial charge in [-0.1, -0.05) is 24.3 Å². The summed E-state index contributed by atoms with van der Waals surface area (Å²) in [5, 5.41) is 0. The van der Waals surface area contributed by atoms with E-state index in [4.69, 9.17) is 9.15 Å². The van der Waals surface area contributed by atoms with Crippen LogP contribution in [-0.4, -0.2) is 61.0 Å². The predicted molar refractivity (Wildman–Crippen MR) is 107 cm³/mol. The lowest BCUT2D eigenvalue weighted by Crippen LogP contribution is -2.47. The molecule has 1 saturated heterocycles. The van der Waals surface area contributed by atoms with E-state index in [0.29, 0.717) is 22.8 Å². The van der Waals surface area contributed by atoms with Crippen LogP contribution in [0.25, 0.3) is 22.8 Å². The highest BCUT2D eigenvalue weighted by Gasteiger charge is 2.24. The molecule has 2 aromatic carbocycles. The number of nitrogens with zero attached hydrogens (tertiary/aromatic N) is 3. The lowest BCUT2D eigenvalue weighted by molar-refractivity contribution is 0.0664. The molecular formula is C22H23N3O3. The fourth-order valence-corrected chi connectivity index (χ4v) is 3.34. The fourth-order valence-electron chi connectivity index (χ4n) is 3.34. The summed E-state index contributed by atoms with van der Waals surface area (Å²) in [6, 6.07) is 15.1. The van der Waals surface area contributed by atoms with E-state index in [9.17, 15) is 4.79 Å². The Kier molecular flexibility index (Phi) is 5.12. The third kappa shape index (κ3) is 3.64. The molecule has 0 atom stereocenters. The van der Waals surface area contributed by atoms with Crippen molar-refractivity contribution in [3.05, 3.63) is 60.3 Å². The zero-order valence-electron chi connectivity index (χ0n) is 16.1. The number of amides is 1. The summed E-state index contributed by atoms with van der Waals surface area (Å²) in [6.07, 6.45) is 1.68. The average Bonchev–Trinajstić information content (AvgIpc) is 3.24. The molecular weight excluding hydrogens is 354 g/mol. The molecule has 6 nitrogen and oxygen atoms in total. The van der Waals surface area contributed by atoms with Crippen molar-refractivity contribution in [3.8, 4) is 28.5 Å². The van der Waals surface area contributed by atoms with Crippen molar-refractivity contribution in [2.75, 3.05) is 40.3 Å². The average molecular weight is 377 g/mol. The van der Waals surface area contributed by atoms with Crippen molar-refractivity contribution >= 4 is 5.91 Å². The molecule has 28 heavy (non-hydrogen) atoms. The van der Waals surface area contributed by atoms with Crippen molar-refractivity contribution in [1.82, 2.24) is 14.8 Å². The maximum atomic E-state index is 13.1. The van der Waals surface area contributed by atoms with Crippen LogP contribution < -0.4 is 4.74 Å². The molecule has 0 aliphatic carbocycles. The molecule has 1 fully saturated rings. The zero-order chi connectivity index (χ0) is 19.5. The largest absolute Gasteiger partial charge is 0.497 e. The van der Waals surface area contributed by atoms with Gasteiger partial charge in [-0.15, -0.1) is 0 Å². The van der Waals surface area contributed by atoms with Gasteiger partial charge < -0.3 is 19.0 Å². The molecule has 6 heteroatoms. The smallest absolute Gasteiger partial charge is 0.254 e. The first-order valence-electron chi connectivity index (χ1n) is 9.33. The Hall–Kier alpha value is -3.12. The number of carbonyl (C=O) groups excluding carboxylic acids is 1. The highest BCUT2D eigenvalue weighted by atomic mass is 16.5. The topological polar surface area (TPSA) is 58.8 Å². The molecule has 0 saturated carbocycles. The third-order valence-electron chi connectivity index (χ3n) is 5.04. The molecule has 144 valence electrons. The van der Waals surface area contributed by atoms with Crippen molar-refractivity contribution in [1.29, 1.82) is 0 Å². The van der Waals surface area contributed by atoms with Crippen molar-refractivity contribution in [2.45, 2.75) is 0 Å². The lowest BCUT2D eigenvalue weighted by atomic mass is 10.1. The number of carbonyl (C=O) groups is 1. The van der Waals surface area contributed by atoms with E-state index in [-0.39, 0.29) is 5.91 Å². The Morgan fingerprint density at radius 3 is 2.64 bits per heavy atom. The minimum absolute atomic E-state index is 0.0184. The number of likely N-dealkylation sites (N-methyl/N-ethyl adjacent to an activating group) is 1. The van der Waals surface area contributed by atoms with Crippen LogP contribution in [0, 0.1) is 0 Å². The van der Waals surface area contributed by atoms with Gasteiger partial charge in [-0.05, 0) is 31.3 Å². The van der Waals surface area contributed by atoms with Crippen LogP contribution in [0.15, 0.2) is 59.1 Å². The van der Waals surface area contributed by atoms with Crippen LogP contribution in [0.4, 0.5) is 0 Å². The van der Waals surface area contributed by atoms with Gasteiger partial charge in [-0.3, -0.25) is 4.79 Å². The molecule has 1 aromatic heterocycles. The van der Waals surface area contributed by atoms with Gasteiger partial charge in [-0.25, -0.2) is 4.98 Å². The third-order valence-corrected chi connectivity index (χ3v) is 5.04. The minimum Gasteiger partial charge on any atom is -0.497 e. The molecule has 0 N–H and O–H groups in total. The summed E-state index contributed by atoms with van der Waals surface area (Å²) in [4.78, 5) is 21.6. The van der Waals surface area contributed by atoms with Crippen LogP contribution in [0.1, 0.15) is 10.4 Å². The SMILES string of the molecule is COc1cccc(-c2cnc(-c3ccccc3C(=O)N3CCN(C)CC3)o2)c1. The second-order valence-electron chi connectivity index (χ2n) is 6.90. The van der Waals surface area contributed by atoms with E-state index in [1.807, 2.05) is 53.4 Å². The summed E-state index contributed by atoms with van der Waals surface area (Å²) in [6.45, 7) is 3.22. The number of aromatic nitrogens is 1. The van der Waals surface area contributed by atoms with Crippen LogP contribution >= 0.6 is 0 Å². The Balaban J connectivity index is 1.64. The molecule has 0 unspecified atom stereocenters. The Morgan fingerprint density at radius 1 is 1.07 bits per heavy atom. The van der Waals surface area contributed by atoms with E-state index in [0.717, 1.165) is 37.5 Å². The first-order valence-corrected chi connectivity index (χ1v) is 9.33. The monoisotopic (exact) mass is 377 g/mol. The summed E-state index contributed by atoms with van der Waals surface area (Å²) in [7, 11) is 3.70. The van der Waals surface area contributed by atoms with E-state index in [1.165, 1.54) is 0 Å². The van der Waals surface area contributed by atoms with Gasteiger partial charge in [0.05, 0.1) is 18.9 Å². The molecule has 1 aliphatic rings. The summed E-state index contributed by atoms with van der Waals surface area (Å²) < 4.78 is 11.3. The van der Waals surface area contributed by atoms with E-state index >= 15 is 0 Å². The van der Waals surface area contributed by atoms with Gasteiger partial charge in [0, 0.05) is 37.3 Å². The van der Waals surface area contributed by atoms with E-state index < -0.39 is 0 Å². The van der Waals surface area contributed by atoms with E-state index in [2.05, 4.69) is 16.9 Å². The maximum absolute atomic E-state index is 13.1. The van der Waals surface area contributed by atoms with Gasteiger partial charge in [0.1, 0.15) is 5.75 Å². The molecule has 4 rings (SSSR count). The Bertz CT molecular complexity index is 974. The molecule has 2 heterocycles. The predicted octanol–water partition coefficient (Wildman–Crippen LogP) is 3.40. The van der Waals surface area contributed by atoms with E-state index in [1.54, 1.807) is 13.3 Å². The normalized spacial score (nSPS) is 14.9. The first kappa shape index (κ1) is 18.3. The molecule has 0 radical (unpaired) electrons. The zero-order valence-corrected chi connectivity index (χ0v) is 16.1. The number of ether oxygens (including phenoxy) is 1. The number of hydrogen-bond donors (Lipinski definition) is 0.